The normalized spacial score (nSPS) is 11.0. The van der Waals surface area contributed by atoms with Gasteiger partial charge in [-0.15, -0.1) is 0 Å². The van der Waals surface area contributed by atoms with E-state index in [1.165, 1.54) is 0 Å². The molecule has 1 rings (SSSR count). The van der Waals surface area contributed by atoms with E-state index in [2.05, 4.69) is 31.7 Å². The number of ether oxygens (including phenoxy) is 1. The number of rotatable bonds is 6. The van der Waals surface area contributed by atoms with Crippen molar-refractivity contribution in [2.24, 2.45) is 0 Å². The predicted octanol–water partition coefficient (Wildman–Crippen LogP) is 1.68. The molecule has 0 bridgehead atoms. The molecule has 2 amide bonds. The zero-order valence-corrected chi connectivity index (χ0v) is 14.1. The van der Waals surface area contributed by atoms with E-state index in [1.807, 2.05) is 0 Å². The molecule has 21 heavy (non-hydrogen) atoms. The summed E-state index contributed by atoms with van der Waals surface area (Å²) in [6.07, 6.45) is 3.53. The van der Waals surface area contributed by atoms with Gasteiger partial charge < -0.3 is 15.4 Å². The van der Waals surface area contributed by atoms with Gasteiger partial charge >= 0.3 is 6.09 Å². The van der Waals surface area contributed by atoms with Gasteiger partial charge in [0.2, 0.25) is 5.91 Å². The lowest BCUT2D eigenvalue weighted by atomic mass is 10.2. The lowest BCUT2D eigenvalue weighted by Gasteiger charge is -2.19. The molecule has 1 heterocycles. The van der Waals surface area contributed by atoms with Crippen molar-refractivity contribution in [2.75, 3.05) is 13.1 Å². The van der Waals surface area contributed by atoms with Crippen LogP contribution in [0, 0.1) is 0 Å². The average Bonchev–Trinajstić information content (AvgIpc) is 2.71. The minimum Gasteiger partial charge on any atom is -0.444 e. The van der Waals surface area contributed by atoms with E-state index >= 15 is 0 Å². The Labute approximate surface area is 132 Å². The van der Waals surface area contributed by atoms with Gasteiger partial charge in [0, 0.05) is 19.3 Å². The number of carbonyl (C=O) groups is 2. The first-order valence-corrected chi connectivity index (χ1v) is 7.47. The summed E-state index contributed by atoms with van der Waals surface area (Å²) in [6, 6.07) is 0. The summed E-state index contributed by atoms with van der Waals surface area (Å²) in [7, 11) is 0. The van der Waals surface area contributed by atoms with Crippen molar-refractivity contribution < 1.29 is 14.3 Å². The van der Waals surface area contributed by atoms with Gasteiger partial charge in [-0.2, -0.15) is 5.10 Å². The molecule has 8 heteroatoms. The lowest BCUT2D eigenvalue weighted by molar-refractivity contribution is -0.121. The molecule has 7 nitrogen and oxygen atoms in total. The molecule has 0 fully saturated rings. The van der Waals surface area contributed by atoms with Gasteiger partial charge in [0.1, 0.15) is 12.1 Å². The molecule has 0 aliphatic rings. The maximum absolute atomic E-state index is 11.6. The first-order valence-electron chi connectivity index (χ1n) is 6.68. The Balaban J connectivity index is 2.08. The second-order valence-corrected chi connectivity index (χ2v) is 6.40. The van der Waals surface area contributed by atoms with Crippen molar-refractivity contribution in [3.8, 4) is 0 Å². The van der Waals surface area contributed by atoms with Crippen molar-refractivity contribution in [1.29, 1.82) is 0 Å². The number of hydrogen-bond acceptors (Lipinski definition) is 4. The molecular formula is C13H21BrN4O3. The molecule has 0 saturated carbocycles. The van der Waals surface area contributed by atoms with Gasteiger partial charge in [0.15, 0.2) is 0 Å². The van der Waals surface area contributed by atoms with Gasteiger partial charge in [0.25, 0.3) is 0 Å². The Hall–Kier alpha value is -1.57. The third-order valence-electron chi connectivity index (χ3n) is 2.25. The summed E-state index contributed by atoms with van der Waals surface area (Å²) in [5.41, 5.74) is -0.504. The number of carbonyl (C=O) groups excluding carboxylic acids is 2. The van der Waals surface area contributed by atoms with Crippen molar-refractivity contribution in [1.82, 2.24) is 20.4 Å². The second-order valence-electron chi connectivity index (χ2n) is 5.49. The summed E-state index contributed by atoms with van der Waals surface area (Å²) in [5.74, 6) is -0.122. The summed E-state index contributed by atoms with van der Waals surface area (Å²) < 4.78 is 7.46. The second kappa shape index (κ2) is 8.02. The molecule has 0 radical (unpaired) electrons. The van der Waals surface area contributed by atoms with Crippen LogP contribution in [0.1, 0.15) is 27.2 Å². The summed E-state index contributed by atoms with van der Waals surface area (Å²) in [4.78, 5) is 23.0. The Morgan fingerprint density at radius 3 is 2.57 bits per heavy atom. The summed E-state index contributed by atoms with van der Waals surface area (Å²) in [6.45, 7) is 6.52. The van der Waals surface area contributed by atoms with Crippen LogP contribution in [0.15, 0.2) is 16.9 Å². The highest BCUT2D eigenvalue weighted by Crippen LogP contribution is 2.06. The smallest absolute Gasteiger partial charge is 0.407 e. The van der Waals surface area contributed by atoms with Crippen LogP contribution in [0.4, 0.5) is 4.79 Å². The van der Waals surface area contributed by atoms with Gasteiger partial charge in [-0.25, -0.2) is 4.79 Å². The molecular weight excluding hydrogens is 340 g/mol. The largest absolute Gasteiger partial charge is 0.444 e. The van der Waals surface area contributed by atoms with Crippen LogP contribution in [0.5, 0.6) is 0 Å². The monoisotopic (exact) mass is 360 g/mol. The van der Waals surface area contributed by atoms with Crippen molar-refractivity contribution in [3.05, 3.63) is 16.9 Å². The Morgan fingerprint density at radius 2 is 2.00 bits per heavy atom. The van der Waals surface area contributed by atoms with Crippen LogP contribution < -0.4 is 10.6 Å². The molecule has 0 aromatic carbocycles. The average molecular weight is 361 g/mol. The first kappa shape index (κ1) is 17.5. The molecule has 0 saturated heterocycles. The number of amides is 2. The first-order chi connectivity index (χ1) is 9.76. The third kappa shape index (κ3) is 8.34. The number of aromatic nitrogens is 2. The summed E-state index contributed by atoms with van der Waals surface area (Å²) in [5, 5.41) is 9.38. The van der Waals surface area contributed by atoms with Crippen molar-refractivity contribution in [2.45, 2.75) is 39.3 Å². The Morgan fingerprint density at radius 1 is 1.33 bits per heavy atom. The number of halogens is 1. The van der Waals surface area contributed by atoms with Crippen LogP contribution in [0.3, 0.4) is 0 Å². The Kier molecular flexibility index (Phi) is 6.67. The topological polar surface area (TPSA) is 85.3 Å². The molecule has 1 aromatic rings. The molecule has 118 valence electrons. The SMILES string of the molecule is CC(C)(C)OC(=O)NCCCNC(=O)Cn1cc(Br)cn1. The molecule has 0 aliphatic heterocycles. The maximum Gasteiger partial charge on any atom is 0.407 e. The van der Waals surface area contributed by atoms with Crippen LogP contribution in [-0.4, -0.2) is 40.5 Å². The number of alkyl carbamates (subject to hydrolysis) is 1. The Bertz CT molecular complexity index is 482. The molecule has 0 atom stereocenters. The van der Waals surface area contributed by atoms with E-state index in [0.29, 0.717) is 19.5 Å². The molecule has 0 spiro atoms. The van der Waals surface area contributed by atoms with E-state index < -0.39 is 11.7 Å². The van der Waals surface area contributed by atoms with Crippen molar-refractivity contribution in [3.63, 3.8) is 0 Å². The van der Waals surface area contributed by atoms with Crippen LogP contribution in [-0.2, 0) is 16.1 Å². The lowest BCUT2D eigenvalue weighted by Crippen LogP contribution is -2.35. The maximum atomic E-state index is 11.6. The number of nitrogens with zero attached hydrogens (tertiary/aromatic N) is 2. The number of nitrogens with one attached hydrogen (secondary N) is 2. The van der Waals surface area contributed by atoms with E-state index in [1.54, 1.807) is 37.8 Å². The van der Waals surface area contributed by atoms with Gasteiger partial charge in [-0.3, -0.25) is 9.48 Å². The fourth-order valence-corrected chi connectivity index (χ4v) is 1.78. The standard InChI is InChI=1S/C13H21BrN4O3/c1-13(2,3)21-12(20)16-6-4-5-15-11(19)9-18-8-10(14)7-17-18/h7-8H,4-6,9H2,1-3H3,(H,15,19)(H,16,20). The number of hydrogen-bond donors (Lipinski definition) is 2. The van der Waals surface area contributed by atoms with E-state index in [4.69, 9.17) is 4.74 Å². The fraction of sp³-hybridized carbons (Fsp3) is 0.615. The van der Waals surface area contributed by atoms with Gasteiger partial charge in [-0.05, 0) is 43.1 Å². The van der Waals surface area contributed by atoms with E-state index in [0.717, 1.165) is 4.47 Å². The highest BCUT2D eigenvalue weighted by molar-refractivity contribution is 9.10. The van der Waals surface area contributed by atoms with E-state index in [-0.39, 0.29) is 12.5 Å². The zero-order chi connectivity index (χ0) is 15.9. The van der Waals surface area contributed by atoms with Gasteiger partial charge in [0.05, 0.1) is 10.7 Å². The minimum atomic E-state index is -0.504. The predicted molar refractivity (Wildman–Crippen MR) is 81.8 cm³/mol. The molecule has 0 aliphatic carbocycles. The zero-order valence-electron chi connectivity index (χ0n) is 12.5. The molecule has 0 unspecified atom stereocenters. The van der Waals surface area contributed by atoms with E-state index in [9.17, 15) is 9.59 Å². The quantitative estimate of drug-likeness (QED) is 0.755. The van der Waals surface area contributed by atoms with Crippen LogP contribution in [0.2, 0.25) is 0 Å². The molecule has 1 aromatic heterocycles. The highest BCUT2D eigenvalue weighted by atomic mass is 79.9. The fourth-order valence-electron chi connectivity index (χ4n) is 1.45. The van der Waals surface area contributed by atoms with Crippen LogP contribution in [0.25, 0.3) is 0 Å². The van der Waals surface area contributed by atoms with Gasteiger partial charge in [-0.1, -0.05) is 0 Å². The highest BCUT2D eigenvalue weighted by Gasteiger charge is 2.15. The minimum absolute atomic E-state index is 0.122. The summed E-state index contributed by atoms with van der Waals surface area (Å²) >= 11 is 3.26. The third-order valence-corrected chi connectivity index (χ3v) is 2.66. The van der Waals surface area contributed by atoms with Crippen LogP contribution >= 0.6 is 15.9 Å². The van der Waals surface area contributed by atoms with Crippen molar-refractivity contribution >= 4 is 27.9 Å². The molecule has 2 N–H and O–H groups in total.